The fraction of sp³-hybridized carbons (Fsp3) is 0.684. The van der Waals surface area contributed by atoms with E-state index in [9.17, 15) is 5.11 Å². The highest BCUT2D eigenvalue weighted by Gasteiger charge is 2.27. The molecule has 0 aliphatic carbocycles. The molecule has 0 radical (unpaired) electrons. The van der Waals surface area contributed by atoms with Crippen LogP contribution in [0.1, 0.15) is 65.0 Å². The van der Waals surface area contributed by atoms with Crippen molar-refractivity contribution in [3.63, 3.8) is 0 Å². The Morgan fingerprint density at radius 2 is 1.90 bits per heavy atom. The summed E-state index contributed by atoms with van der Waals surface area (Å²) in [6.45, 7) is 11.3. The Morgan fingerprint density at radius 3 is 2.57 bits per heavy atom. The predicted molar refractivity (Wildman–Crippen MR) is 90.7 cm³/mol. The molecule has 1 aliphatic heterocycles. The minimum Gasteiger partial charge on any atom is -0.388 e. The Kier molecular flexibility index (Phi) is 5.32. The van der Waals surface area contributed by atoms with Gasteiger partial charge in [-0.3, -0.25) is 0 Å². The summed E-state index contributed by atoms with van der Waals surface area (Å²) in [5.41, 5.74) is 2.73. The maximum atomic E-state index is 10.3. The van der Waals surface area contributed by atoms with Gasteiger partial charge in [0.2, 0.25) is 0 Å². The highest BCUT2D eigenvalue weighted by molar-refractivity contribution is 5.54. The minimum absolute atomic E-state index is 0.345. The zero-order valence-corrected chi connectivity index (χ0v) is 14.1. The first kappa shape index (κ1) is 16.4. The Labute approximate surface area is 130 Å². The molecule has 118 valence electrons. The van der Waals surface area contributed by atoms with Gasteiger partial charge in [-0.05, 0) is 43.1 Å². The number of para-hydroxylation sites is 1. The molecular formula is C19H31NO. The van der Waals surface area contributed by atoms with Gasteiger partial charge in [-0.1, -0.05) is 45.9 Å². The highest BCUT2D eigenvalue weighted by Crippen LogP contribution is 2.36. The maximum Gasteiger partial charge on any atom is 0.0807 e. The molecule has 1 heterocycles. The molecule has 1 unspecified atom stereocenters. The van der Waals surface area contributed by atoms with Crippen LogP contribution in [0.2, 0.25) is 0 Å². The lowest BCUT2D eigenvalue weighted by Crippen LogP contribution is -2.27. The Bertz CT molecular complexity index is 449. The molecule has 1 saturated heterocycles. The highest BCUT2D eigenvalue weighted by atomic mass is 16.3. The van der Waals surface area contributed by atoms with Crippen LogP contribution in [0.15, 0.2) is 24.3 Å². The van der Waals surface area contributed by atoms with E-state index in [0.29, 0.717) is 5.41 Å². The molecule has 2 heteroatoms. The maximum absolute atomic E-state index is 10.3. The van der Waals surface area contributed by atoms with Crippen molar-refractivity contribution in [3.05, 3.63) is 29.8 Å². The normalized spacial score (nSPS) is 22.0. The van der Waals surface area contributed by atoms with Crippen LogP contribution in [-0.4, -0.2) is 18.2 Å². The first-order valence-electron chi connectivity index (χ1n) is 8.45. The van der Waals surface area contributed by atoms with Crippen LogP contribution in [0.3, 0.4) is 0 Å². The van der Waals surface area contributed by atoms with E-state index in [4.69, 9.17) is 0 Å². The van der Waals surface area contributed by atoms with Gasteiger partial charge in [0.25, 0.3) is 0 Å². The van der Waals surface area contributed by atoms with Crippen molar-refractivity contribution in [1.82, 2.24) is 0 Å². The third-order valence-corrected chi connectivity index (χ3v) is 4.98. The van der Waals surface area contributed by atoms with Crippen LogP contribution in [0.25, 0.3) is 0 Å². The summed E-state index contributed by atoms with van der Waals surface area (Å²) in [7, 11) is 0. The monoisotopic (exact) mass is 289 g/mol. The van der Waals surface area contributed by atoms with Gasteiger partial charge in [0.05, 0.1) is 6.10 Å². The van der Waals surface area contributed by atoms with Gasteiger partial charge in [-0.15, -0.1) is 0 Å². The summed E-state index contributed by atoms with van der Waals surface area (Å²) in [6, 6.07) is 8.38. The Morgan fingerprint density at radius 1 is 1.19 bits per heavy atom. The topological polar surface area (TPSA) is 23.5 Å². The number of hydrogen-bond acceptors (Lipinski definition) is 2. The molecule has 1 fully saturated rings. The first-order chi connectivity index (χ1) is 9.93. The van der Waals surface area contributed by atoms with E-state index in [1.54, 1.807) is 0 Å². The van der Waals surface area contributed by atoms with E-state index in [-0.39, 0.29) is 6.10 Å². The van der Waals surface area contributed by atoms with E-state index in [2.05, 4.69) is 43.9 Å². The average molecular weight is 289 g/mol. The van der Waals surface area contributed by atoms with Gasteiger partial charge in [-0.25, -0.2) is 0 Å². The minimum atomic E-state index is -0.345. The lowest BCUT2D eigenvalue weighted by molar-refractivity contribution is 0.174. The summed E-state index contributed by atoms with van der Waals surface area (Å²) in [5.74, 6) is 0.797. The standard InChI is InChI=1S/C19H31NO/c1-5-18(21)16-10-6-7-11-17(16)20-13-8-9-15(12-14-20)19(2,3)4/h6-7,10-11,15,18,21H,5,8-9,12-14H2,1-4H3/t15?,18-/m0/s1. The number of rotatable bonds is 3. The third kappa shape index (κ3) is 4.00. The second-order valence-electron chi connectivity index (χ2n) is 7.46. The van der Waals surface area contributed by atoms with Gasteiger partial charge < -0.3 is 10.0 Å². The Balaban J connectivity index is 2.16. The molecule has 2 rings (SSSR count). The lowest BCUT2D eigenvalue weighted by Gasteiger charge is -2.30. The number of nitrogens with zero attached hydrogens (tertiary/aromatic N) is 1. The van der Waals surface area contributed by atoms with E-state index < -0.39 is 0 Å². The van der Waals surface area contributed by atoms with Crippen LogP contribution < -0.4 is 4.90 Å². The van der Waals surface area contributed by atoms with Crippen molar-refractivity contribution in [1.29, 1.82) is 0 Å². The van der Waals surface area contributed by atoms with Crippen LogP contribution in [0.5, 0.6) is 0 Å². The molecule has 0 amide bonds. The molecule has 1 aromatic rings. The molecule has 2 nitrogen and oxygen atoms in total. The van der Waals surface area contributed by atoms with Gasteiger partial charge in [-0.2, -0.15) is 0 Å². The second-order valence-corrected chi connectivity index (χ2v) is 7.46. The number of hydrogen-bond donors (Lipinski definition) is 1. The van der Waals surface area contributed by atoms with Gasteiger partial charge in [0.15, 0.2) is 0 Å². The average Bonchev–Trinajstić information content (AvgIpc) is 2.72. The van der Waals surface area contributed by atoms with E-state index in [1.165, 1.54) is 24.9 Å². The van der Waals surface area contributed by atoms with E-state index in [1.807, 2.05) is 13.0 Å². The fourth-order valence-corrected chi connectivity index (χ4v) is 3.48. The zero-order chi connectivity index (χ0) is 15.5. The molecule has 0 spiro atoms. The third-order valence-electron chi connectivity index (χ3n) is 4.98. The summed E-state index contributed by atoms with van der Waals surface area (Å²) < 4.78 is 0. The molecule has 2 atom stereocenters. The van der Waals surface area contributed by atoms with Gasteiger partial charge in [0.1, 0.15) is 0 Å². The van der Waals surface area contributed by atoms with Crippen molar-refractivity contribution in [3.8, 4) is 0 Å². The SMILES string of the molecule is CC[C@H](O)c1ccccc1N1CCCC(C(C)(C)C)CC1. The fourth-order valence-electron chi connectivity index (χ4n) is 3.48. The van der Waals surface area contributed by atoms with Gasteiger partial charge >= 0.3 is 0 Å². The predicted octanol–water partition coefficient (Wildman–Crippen LogP) is 4.78. The van der Waals surface area contributed by atoms with Gasteiger partial charge in [0, 0.05) is 24.3 Å². The Hall–Kier alpha value is -1.02. The molecule has 1 N–H and O–H groups in total. The van der Waals surface area contributed by atoms with Crippen molar-refractivity contribution >= 4 is 5.69 Å². The van der Waals surface area contributed by atoms with Crippen LogP contribution in [0.4, 0.5) is 5.69 Å². The molecule has 21 heavy (non-hydrogen) atoms. The second kappa shape index (κ2) is 6.83. The number of aliphatic hydroxyl groups excluding tert-OH is 1. The van der Waals surface area contributed by atoms with E-state index >= 15 is 0 Å². The van der Waals surface area contributed by atoms with Crippen molar-refractivity contribution < 1.29 is 5.11 Å². The van der Waals surface area contributed by atoms with Crippen LogP contribution in [-0.2, 0) is 0 Å². The summed E-state index contributed by atoms with van der Waals surface area (Å²) in [4.78, 5) is 2.49. The molecular weight excluding hydrogens is 258 g/mol. The zero-order valence-electron chi connectivity index (χ0n) is 14.1. The van der Waals surface area contributed by atoms with Crippen LogP contribution in [0, 0.1) is 11.3 Å². The largest absolute Gasteiger partial charge is 0.388 e. The molecule has 0 bridgehead atoms. The molecule has 1 aromatic carbocycles. The van der Waals surface area contributed by atoms with E-state index in [0.717, 1.165) is 31.0 Å². The molecule has 0 aromatic heterocycles. The number of benzene rings is 1. The molecule has 0 saturated carbocycles. The van der Waals surface area contributed by atoms with Crippen molar-refractivity contribution in [2.24, 2.45) is 11.3 Å². The lowest BCUT2D eigenvalue weighted by atomic mass is 9.77. The number of anilines is 1. The first-order valence-corrected chi connectivity index (χ1v) is 8.45. The number of aliphatic hydroxyl groups is 1. The van der Waals surface area contributed by atoms with Crippen LogP contribution >= 0.6 is 0 Å². The smallest absolute Gasteiger partial charge is 0.0807 e. The van der Waals surface area contributed by atoms with Crippen molar-refractivity contribution in [2.45, 2.75) is 59.5 Å². The molecule has 1 aliphatic rings. The summed E-state index contributed by atoms with van der Waals surface area (Å²) >= 11 is 0. The summed E-state index contributed by atoms with van der Waals surface area (Å²) in [6.07, 6.45) is 4.25. The quantitative estimate of drug-likeness (QED) is 0.865. The van der Waals surface area contributed by atoms with Crippen molar-refractivity contribution in [2.75, 3.05) is 18.0 Å². The summed E-state index contributed by atoms with van der Waals surface area (Å²) in [5, 5.41) is 10.3.